The van der Waals surface area contributed by atoms with Gasteiger partial charge in [0.2, 0.25) is 0 Å². The van der Waals surface area contributed by atoms with Gasteiger partial charge in [-0.2, -0.15) is 0 Å². The lowest BCUT2D eigenvalue weighted by molar-refractivity contribution is 0.455. The fourth-order valence-electron chi connectivity index (χ4n) is 3.44. The van der Waals surface area contributed by atoms with Gasteiger partial charge in [0, 0.05) is 19.0 Å². The molecule has 1 saturated heterocycles. The van der Waals surface area contributed by atoms with Gasteiger partial charge in [0.15, 0.2) is 5.11 Å². The van der Waals surface area contributed by atoms with Crippen molar-refractivity contribution in [3.63, 3.8) is 0 Å². The molecule has 2 aliphatic heterocycles. The van der Waals surface area contributed by atoms with Gasteiger partial charge in [0.05, 0.1) is 11.8 Å². The van der Waals surface area contributed by atoms with Crippen LogP contribution in [0.25, 0.3) is 6.08 Å². The minimum atomic E-state index is 0.165. The predicted octanol–water partition coefficient (Wildman–Crippen LogP) is 3.36. The number of rotatable bonds is 2. The van der Waals surface area contributed by atoms with Gasteiger partial charge in [-0.25, -0.2) is 4.99 Å². The van der Waals surface area contributed by atoms with Crippen LogP contribution in [0.15, 0.2) is 71.2 Å². The van der Waals surface area contributed by atoms with Crippen LogP contribution in [0.5, 0.6) is 0 Å². The van der Waals surface area contributed by atoms with E-state index in [0.717, 1.165) is 18.8 Å². The summed E-state index contributed by atoms with van der Waals surface area (Å²) >= 11 is 5.42. The fourth-order valence-corrected chi connectivity index (χ4v) is 3.67. The SMILES string of the molecule is S=C1N=C2/C(=C/c3ccccc3)CNCC2C(c2ccccc2)N1. The third-order valence-corrected chi connectivity index (χ3v) is 4.77. The van der Waals surface area contributed by atoms with Crippen LogP contribution in [-0.4, -0.2) is 23.9 Å². The molecule has 0 saturated carbocycles. The van der Waals surface area contributed by atoms with Crippen molar-refractivity contribution in [3.05, 3.63) is 77.4 Å². The molecular formula is C20H19N3S. The molecular weight excluding hydrogens is 314 g/mol. The summed E-state index contributed by atoms with van der Waals surface area (Å²) in [5.74, 6) is 0.280. The monoisotopic (exact) mass is 333 g/mol. The Bertz CT molecular complexity index is 796. The summed E-state index contributed by atoms with van der Waals surface area (Å²) < 4.78 is 0. The van der Waals surface area contributed by atoms with E-state index in [9.17, 15) is 0 Å². The Morgan fingerprint density at radius 3 is 2.46 bits per heavy atom. The Morgan fingerprint density at radius 1 is 1.00 bits per heavy atom. The highest BCUT2D eigenvalue weighted by atomic mass is 32.1. The third kappa shape index (κ3) is 3.03. The summed E-state index contributed by atoms with van der Waals surface area (Å²) in [5.41, 5.74) is 4.79. The number of aliphatic imine (C=N–C) groups is 1. The van der Waals surface area contributed by atoms with Crippen LogP contribution in [0.1, 0.15) is 17.2 Å². The lowest BCUT2D eigenvalue weighted by Gasteiger charge is -2.37. The Morgan fingerprint density at radius 2 is 1.71 bits per heavy atom. The molecule has 120 valence electrons. The first-order chi connectivity index (χ1) is 11.8. The van der Waals surface area contributed by atoms with E-state index in [1.165, 1.54) is 16.7 Å². The maximum Gasteiger partial charge on any atom is 0.193 e. The molecule has 0 bridgehead atoms. The highest BCUT2D eigenvalue weighted by Crippen LogP contribution is 2.31. The average molecular weight is 333 g/mol. The maximum atomic E-state index is 5.42. The molecule has 0 aliphatic carbocycles. The summed E-state index contributed by atoms with van der Waals surface area (Å²) in [5, 5.41) is 7.51. The number of nitrogens with zero attached hydrogens (tertiary/aromatic N) is 1. The number of hydrogen-bond donors (Lipinski definition) is 2. The summed E-state index contributed by atoms with van der Waals surface area (Å²) in [6.45, 7) is 1.73. The van der Waals surface area contributed by atoms with Gasteiger partial charge in [0.25, 0.3) is 0 Å². The molecule has 2 unspecified atom stereocenters. The van der Waals surface area contributed by atoms with Crippen molar-refractivity contribution in [3.8, 4) is 0 Å². The Labute approximate surface area is 147 Å². The molecule has 0 amide bonds. The smallest absolute Gasteiger partial charge is 0.193 e. The molecule has 0 aromatic heterocycles. The van der Waals surface area contributed by atoms with E-state index in [2.05, 4.69) is 70.2 Å². The van der Waals surface area contributed by atoms with Crippen LogP contribution >= 0.6 is 12.2 Å². The lowest BCUT2D eigenvalue weighted by Crippen LogP contribution is -2.50. The normalized spacial score (nSPS) is 24.9. The second kappa shape index (κ2) is 6.67. The van der Waals surface area contributed by atoms with Gasteiger partial charge < -0.3 is 10.6 Å². The summed E-state index contributed by atoms with van der Waals surface area (Å²) in [4.78, 5) is 4.69. The van der Waals surface area contributed by atoms with E-state index < -0.39 is 0 Å². The molecule has 2 heterocycles. The molecule has 4 rings (SSSR count). The van der Waals surface area contributed by atoms with Gasteiger partial charge >= 0.3 is 0 Å². The summed E-state index contributed by atoms with van der Waals surface area (Å²) in [7, 11) is 0. The molecule has 0 radical (unpaired) electrons. The first kappa shape index (κ1) is 15.2. The first-order valence-corrected chi connectivity index (χ1v) is 8.63. The fraction of sp³-hybridized carbons (Fsp3) is 0.200. The first-order valence-electron chi connectivity index (χ1n) is 8.22. The molecule has 4 heteroatoms. The number of benzene rings is 2. The van der Waals surface area contributed by atoms with Crippen molar-refractivity contribution in [1.82, 2.24) is 10.6 Å². The predicted molar refractivity (Wildman–Crippen MR) is 103 cm³/mol. The van der Waals surface area contributed by atoms with Crippen molar-refractivity contribution in [2.45, 2.75) is 6.04 Å². The number of hydrogen-bond acceptors (Lipinski definition) is 2. The minimum absolute atomic E-state index is 0.165. The molecule has 0 spiro atoms. The minimum Gasteiger partial charge on any atom is -0.353 e. The van der Waals surface area contributed by atoms with Crippen molar-refractivity contribution >= 4 is 29.1 Å². The highest BCUT2D eigenvalue weighted by molar-refractivity contribution is 7.80. The van der Waals surface area contributed by atoms with E-state index in [-0.39, 0.29) is 12.0 Å². The number of piperidine rings is 1. The molecule has 2 aromatic rings. The summed E-state index contributed by atoms with van der Waals surface area (Å²) in [6, 6.07) is 21.0. The topological polar surface area (TPSA) is 36.4 Å². The zero-order chi connectivity index (χ0) is 16.4. The van der Waals surface area contributed by atoms with Crippen LogP contribution in [0.4, 0.5) is 0 Å². The Kier molecular flexibility index (Phi) is 4.24. The van der Waals surface area contributed by atoms with Crippen molar-refractivity contribution < 1.29 is 0 Å². The van der Waals surface area contributed by atoms with Crippen molar-refractivity contribution in [1.29, 1.82) is 0 Å². The second-order valence-corrected chi connectivity index (χ2v) is 6.54. The maximum absolute atomic E-state index is 5.42. The van der Waals surface area contributed by atoms with Gasteiger partial charge in [-0.15, -0.1) is 0 Å². The zero-order valence-corrected chi connectivity index (χ0v) is 14.1. The molecule has 24 heavy (non-hydrogen) atoms. The average Bonchev–Trinajstić information content (AvgIpc) is 2.63. The van der Waals surface area contributed by atoms with Crippen molar-refractivity contribution in [2.24, 2.45) is 10.9 Å². The van der Waals surface area contributed by atoms with Gasteiger partial charge in [-0.05, 0) is 35.0 Å². The Balaban J connectivity index is 1.72. The molecule has 2 N–H and O–H groups in total. The Hall–Kier alpha value is -2.30. The largest absolute Gasteiger partial charge is 0.353 e. The van der Waals surface area contributed by atoms with Gasteiger partial charge in [-0.3, -0.25) is 0 Å². The quantitative estimate of drug-likeness (QED) is 0.828. The molecule has 1 fully saturated rings. The van der Waals surface area contributed by atoms with E-state index >= 15 is 0 Å². The van der Waals surface area contributed by atoms with Gasteiger partial charge in [-0.1, -0.05) is 60.7 Å². The van der Waals surface area contributed by atoms with E-state index in [4.69, 9.17) is 12.2 Å². The molecule has 2 atom stereocenters. The number of nitrogens with one attached hydrogen (secondary N) is 2. The summed E-state index contributed by atoms with van der Waals surface area (Å²) in [6.07, 6.45) is 2.22. The van der Waals surface area contributed by atoms with Crippen molar-refractivity contribution in [2.75, 3.05) is 13.1 Å². The van der Waals surface area contributed by atoms with Crippen LogP contribution in [-0.2, 0) is 0 Å². The van der Waals surface area contributed by atoms with Crippen LogP contribution in [0.2, 0.25) is 0 Å². The van der Waals surface area contributed by atoms with Crippen LogP contribution in [0, 0.1) is 5.92 Å². The standard InChI is InChI=1S/C20H19N3S/c24-20-22-18(15-9-5-2-6-10-15)17-13-21-12-16(19(17)23-20)11-14-7-3-1-4-8-14/h1-11,17-18,21H,12-13H2,(H,22,24)/b16-11+. The van der Waals surface area contributed by atoms with Crippen LogP contribution in [0.3, 0.4) is 0 Å². The van der Waals surface area contributed by atoms with E-state index in [0.29, 0.717) is 5.11 Å². The number of thiocarbonyl (C=S) groups is 1. The van der Waals surface area contributed by atoms with E-state index in [1.54, 1.807) is 0 Å². The molecule has 2 aromatic carbocycles. The molecule has 2 aliphatic rings. The van der Waals surface area contributed by atoms with Crippen LogP contribution < -0.4 is 10.6 Å². The molecule has 3 nitrogen and oxygen atoms in total. The zero-order valence-electron chi connectivity index (χ0n) is 13.3. The second-order valence-electron chi connectivity index (χ2n) is 6.15. The lowest BCUT2D eigenvalue weighted by atomic mass is 9.82. The third-order valence-electron chi connectivity index (χ3n) is 4.56. The van der Waals surface area contributed by atoms with E-state index in [1.807, 2.05) is 12.1 Å². The number of fused-ring (bicyclic) bond motifs is 1. The van der Waals surface area contributed by atoms with Gasteiger partial charge in [0.1, 0.15) is 0 Å². The highest BCUT2D eigenvalue weighted by Gasteiger charge is 2.35.